The molecule has 9 atom stereocenters. The summed E-state index contributed by atoms with van der Waals surface area (Å²) in [6, 6.07) is -4.80. The highest BCUT2D eigenvalue weighted by Crippen LogP contribution is 2.70. The molecular weight excluding hydrogens is 435 g/mol. The van der Waals surface area contributed by atoms with Crippen molar-refractivity contribution in [3.05, 3.63) is 0 Å². The van der Waals surface area contributed by atoms with Crippen LogP contribution in [0.1, 0.15) is 39.0 Å². The fourth-order valence-electron chi connectivity index (χ4n) is 6.84. The van der Waals surface area contributed by atoms with E-state index in [0.717, 1.165) is 24.7 Å². The first-order valence-electron chi connectivity index (χ1n) is 11.4. The minimum Gasteiger partial charge on any atom is -0.346 e. The highest BCUT2D eigenvalue weighted by atomic mass is 28.3. The first-order valence-corrected chi connectivity index (χ1v) is 15.4. The summed E-state index contributed by atoms with van der Waals surface area (Å²) in [6.45, 7) is 8.79. The highest BCUT2D eigenvalue weighted by Gasteiger charge is 2.65. The van der Waals surface area contributed by atoms with Gasteiger partial charge in [-0.05, 0) is 80.5 Å². The van der Waals surface area contributed by atoms with Crippen molar-refractivity contribution in [3.8, 4) is 0 Å². The van der Waals surface area contributed by atoms with E-state index in [9.17, 15) is 22.0 Å². The predicted molar refractivity (Wildman–Crippen MR) is 110 cm³/mol. The summed E-state index contributed by atoms with van der Waals surface area (Å²) in [7, 11) is -0.611. The largest absolute Gasteiger partial charge is 0.477 e. The van der Waals surface area contributed by atoms with E-state index in [2.05, 4.69) is 30.9 Å². The van der Waals surface area contributed by atoms with Gasteiger partial charge in [0.05, 0.1) is 5.60 Å². The third-order valence-electron chi connectivity index (χ3n) is 7.77. The molecule has 0 saturated heterocycles. The van der Waals surface area contributed by atoms with Crippen LogP contribution in [0.3, 0.4) is 0 Å². The second kappa shape index (κ2) is 8.51. The number of ether oxygens (including phenoxy) is 2. The minimum absolute atomic E-state index is 0.111. The Bertz CT molecular complexity index is 632. The van der Waals surface area contributed by atoms with Crippen LogP contribution in [0.25, 0.3) is 0 Å². The third-order valence-corrected chi connectivity index (χ3v) is 7.77. The number of hydrogen-bond acceptors (Lipinski definition) is 3. The van der Waals surface area contributed by atoms with Crippen LogP contribution < -0.4 is 0 Å². The fraction of sp³-hybridized carbons (Fsp3) is 1.00. The van der Waals surface area contributed by atoms with Crippen molar-refractivity contribution in [1.82, 2.24) is 0 Å². The number of halogens is 5. The Morgan fingerprint density at radius 1 is 0.871 bits per heavy atom. The zero-order valence-corrected chi connectivity index (χ0v) is 20.1. The summed E-state index contributed by atoms with van der Waals surface area (Å²) < 4.78 is 73.0. The molecule has 0 heterocycles. The molecule has 4 fully saturated rings. The zero-order valence-electron chi connectivity index (χ0n) is 19.1. The van der Waals surface area contributed by atoms with Gasteiger partial charge in [0.1, 0.15) is 6.67 Å². The third kappa shape index (κ3) is 5.14. The number of aliphatic hydroxyl groups is 1. The van der Waals surface area contributed by atoms with E-state index in [1.54, 1.807) is 0 Å². The van der Waals surface area contributed by atoms with Gasteiger partial charge in [-0.1, -0.05) is 26.2 Å². The van der Waals surface area contributed by atoms with Gasteiger partial charge in [-0.2, -0.15) is 17.6 Å². The van der Waals surface area contributed by atoms with E-state index in [1.807, 2.05) is 0 Å². The van der Waals surface area contributed by atoms with Crippen molar-refractivity contribution in [3.63, 3.8) is 0 Å². The van der Waals surface area contributed by atoms with Crippen LogP contribution in [-0.4, -0.2) is 44.5 Å². The molecule has 4 aliphatic carbocycles. The van der Waals surface area contributed by atoms with Gasteiger partial charge < -0.3 is 9.84 Å². The van der Waals surface area contributed by atoms with Crippen LogP contribution in [0.15, 0.2) is 0 Å². The molecule has 0 aromatic heterocycles. The second-order valence-corrected chi connectivity index (χ2v) is 17.9. The summed E-state index contributed by atoms with van der Waals surface area (Å²) in [5, 5.41) is 8.70. The van der Waals surface area contributed by atoms with Gasteiger partial charge >= 0.3 is 12.2 Å². The average molecular weight is 473 g/mol. The molecule has 4 bridgehead atoms. The molecule has 182 valence electrons. The molecule has 31 heavy (non-hydrogen) atoms. The minimum atomic E-state index is -5.59. The second-order valence-electron chi connectivity index (χ2n) is 11.9. The summed E-state index contributed by atoms with van der Waals surface area (Å²) in [5.74, 6) is 3.50. The number of alkyl halides is 5. The summed E-state index contributed by atoms with van der Waals surface area (Å²) in [4.78, 5) is 0. The molecule has 4 rings (SSSR count). The Labute approximate surface area is 183 Å². The smallest absolute Gasteiger partial charge is 0.346 e. The Balaban J connectivity index is 0.000000491. The van der Waals surface area contributed by atoms with Gasteiger partial charge in [-0.15, -0.1) is 0 Å². The molecule has 9 heteroatoms. The number of fused-ring (bicyclic) bond motifs is 9. The highest BCUT2D eigenvalue weighted by molar-refractivity contribution is 6.74. The molecule has 0 radical (unpaired) electrons. The number of rotatable bonds is 6. The Morgan fingerprint density at radius 3 is 1.94 bits per heavy atom. The molecule has 4 aliphatic rings. The van der Waals surface area contributed by atoms with Crippen LogP contribution in [0.5, 0.6) is 0 Å². The first-order chi connectivity index (χ1) is 14.1. The van der Waals surface area contributed by atoms with E-state index < -0.39 is 39.4 Å². The summed E-state index contributed by atoms with van der Waals surface area (Å²) >= 11 is 0. The standard InChI is InChI=1S/C18H25F5O3.C4H12Si/c1-16(7-19,25-8-26-18(23,24)17(20,21)22)13-6-11-5-12(13)15-10-3-2-9(4-10)14(11)15;1-5(2,3)4/h9-15,24H,2-8H2,1H3;1-4H3. The maximum Gasteiger partial charge on any atom is 0.477 e. The Kier molecular flexibility index (Phi) is 6.96. The van der Waals surface area contributed by atoms with Gasteiger partial charge in [0, 0.05) is 8.07 Å². The van der Waals surface area contributed by atoms with Gasteiger partial charge in [0.15, 0.2) is 6.79 Å². The van der Waals surface area contributed by atoms with Crippen LogP contribution >= 0.6 is 0 Å². The molecule has 0 aliphatic heterocycles. The molecule has 4 saturated carbocycles. The molecular formula is C22H37F5O3Si. The normalized spacial score (nSPS) is 40.2. The summed E-state index contributed by atoms with van der Waals surface area (Å²) in [5.41, 5.74) is -1.33. The average Bonchev–Trinajstić information content (AvgIpc) is 3.37. The zero-order chi connectivity index (χ0) is 23.4. The molecule has 0 aromatic carbocycles. The lowest BCUT2D eigenvalue weighted by Gasteiger charge is -2.45. The van der Waals surface area contributed by atoms with E-state index in [0.29, 0.717) is 23.7 Å². The quantitative estimate of drug-likeness (QED) is 0.218. The summed E-state index contributed by atoms with van der Waals surface area (Å²) in [6.07, 6.45) is 0.00356. The van der Waals surface area contributed by atoms with Crippen molar-refractivity contribution >= 4 is 8.07 Å². The van der Waals surface area contributed by atoms with Crippen LogP contribution in [0.4, 0.5) is 22.0 Å². The van der Waals surface area contributed by atoms with Gasteiger partial charge in [-0.25, -0.2) is 4.39 Å². The molecule has 3 nitrogen and oxygen atoms in total. The molecule has 0 spiro atoms. The molecule has 0 amide bonds. The van der Waals surface area contributed by atoms with Gasteiger partial charge in [-0.3, -0.25) is 4.74 Å². The van der Waals surface area contributed by atoms with Crippen LogP contribution in [0, 0.1) is 41.4 Å². The molecule has 0 aromatic rings. The van der Waals surface area contributed by atoms with E-state index in [1.165, 1.54) is 26.2 Å². The van der Waals surface area contributed by atoms with E-state index in [-0.39, 0.29) is 5.92 Å². The van der Waals surface area contributed by atoms with Crippen molar-refractivity contribution in [2.75, 3.05) is 13.5 Å². The van der Waals surface area contributed by atoms with Crippen LogP contribution in [-0.2, 0) is 9.47 Å². The fourth-order valence-corrected chi connectivity index (χ4v) is 6.84. The van der Waals surface area contributed by atoms with E-state index in [4.69, 9.17) is 9.84 Å². The van der Waals surface area contributed by atoms with Crippen molar-refractivity contribution in [1.29, 1.82) is 0 Å². The lowest BCUT2D eigenvalue weighted by atomic mass is 9.64. The van der Waals surface area contributed by atoms with Crippen molar-refractivity contribution in [2.24, 2.45) is 41.4 Å². The van der Waals surface area contributed by atoms with E-state index >= 15 is 0 Å². The Morgan fingerprint density at radius 2 is 1.42 bits per heavy atom. The first kappa shape index (κ1) is 25.4. The number of hydrogen-bond donors (Lipinski definition) is 1. The van der Waals surface area contributed by atoms with Gasteiger partial charge in [0.25, 0.3) is 0 Å². The Hall–Kier alpha value is -0.253. The maximum absolute atomic E-state index is 13.8. The molecule has 1 N–H and O–H groups in total. The monoisotopic (exact) mass is 472 g/mol. The lowest BCUT2D eigenvalue weighted by molar-refractivity contribution is -0.441. The lowest BCUT2D eigenvalue weighted by Crippen LogP contribution is -2.49. The predicted octanol–water partition coefficient (Wildman–Crippen LogP) is 6.16. The van der Waals surface area contributed by atoms with Crippen molar-refractivity contribution < 1.29 is 36.5 Å². The van der Waals surface area contributed by atoms with Crippen molar-refractivity contribution in [2.45, 2.75) is 83.0 Å². The maximum atomic E-state index is 13.8. The van der Waals surface area contributed by atoms with Crippen LogP contribution in [0.2, 0.25) is 26.2 Å². The van der Waals surface area contributed by atoms with Gasteiger partial charge in [0.2, 0.25) is 0 Å². The molecule has 9 unspecified atom stereocenters. The topological polar surface area (TPSA) is 38.7 Å². The SMILES string of the molecule is CC(CF)(OCOC(O)(F)C(F)(F)F)C1CC2CC1C1C3CCC(C3)C21.C[Si](C)(C)C.